The van der Waals surface area contributed by atoms with Crippen LogP contribution in [0.25, 0.3) is 0 Å². The smallest absolute Gasteiger partial charge is 0.451 e. The molecule has 0 amide bonds. The van der Waals surface area contributed by atoms with Gasteiger partial charge in [0.2, 0.25) is 0 Å². The second kappa shape index (κ2) is 35.8. The number of hydrogen-bond acceptors (Lipinski definition) is 28. The third kappa shape index (κ3) is 21.6. The van der Waals surface area contributed by atoms with Crippen molar-refractivity contribution in [1.29, 1.82) is 0 Å². The summed E-state index contributed by atoms with van der Waals surface area (Å²) in [6, 6.07) is 0.108. The molecule has 23 N–H and O–H groups in total. The van der Waals surface area contributed by atoms with Gasteiger partial charge in [0.1, 0.15) is 50.9 Å². The Morgan fingerprint density at radius 3 is 1.17 bits per heavy atom. The van der Waals surface area contributed by atoms with Crippen molar-refractivity contribution in [1.82, 2.24) is 17.2 Å². The molecule has 1 saturated carbocycles. The molecule has 4 saturated heterocycles. The maximum Gasteiger partial charge on any atom is 0.451 e. The summed E-state index contributed by atoms with van der Waals surface area (Å²) in [7, 11) is -0.0313. The lowest BCUT2D eigenvalue weighted by Gasteiger charge is -2.30. The van der Waals surface area contributed by atoms with Crippen LogP contribution in [0.5, 0.6) is 0 Å². The first-order chi connectivity index (χ1) is 45.9. The van der Waals surface area contributed by atoms with Gasteiger partial charge in [-0.05, 0) is 51.0 Å². The number of carboxylic acids is 4. The zero-order valence-corrected chi connectivity index (χ0v) is 61.3. The number of halogens is 1. The number of nitrogens with zero attached hydrogens (tertiary/aromatic N) is 8. The Balaban J connectivity index is 0.000000350. The van der Waals surface area contributed by atoms with Gasteiger partial charge in [0.25, 0.3) is 42.1 Å². The molecule has 7 rings (SSSR count). The van der Waals surface area contributed by atoms with Crippen LogP contribution in [0.3, 0.4) is 0 Å². The predicted molar refractivity (Wildman–Crippen MR) is 374 cm³/mol. The molecule has 5 aliphatic rings. The molecule has 38 nitrogen and oxygen atoms in total. The number of rotatable bonds is 34. The van der Waals surface area contributed by atoms with Crippen LogP contribution in [0.2, 0.25) is 25.3 Å². The van der Waals surface area contributed by atoms with Crippen LogP contribution in [0.4, 0.5) is 22.7 Å². The lowest BCUT2D eigenvalue weighted by molar-refractivity contribution is -0.882. The van der Waals surface area contributed by atoms with E-state index in [2.05, 4.69) is 5.32 Å². The van der Waals surface area contributed by atoms with Gasteiger partial charge in [-0.25, -0.2) is 0 Å². The van der Waals surface area contributed by atoms with Gasteiger partial charge < -0.3 is 126 Å². The fourth-order valence-electron chi connectivity index (χ4n) is 13.6. The molecule has 0 unspecified atom stereocenters. The number of carboxylic acid groups (broad SMARTS) is 4. The summed E-state index contributed by atoms with van der Waals surface area (Å²) < 4.78 is 59.0. The molecule has 10 atom stereocenters. The van der Waals surface area contributed by atoms with Crippen molar-refractivity contribution in [3.8, 4) is 0 Å². The first-order valence-electron chi connectivity index (χ1n) is 33.2. The largest absolute Gasteiger partial charge is 1.00 e. The summed E-state index contributed by atoms with van der Waals surface area (Å²) in [4.78, 5) is 95.6. The Bertz CT molecular complexity index is 3530. The fourth-order valence-corrected chi connectivity index (χ4v) is 17.2. The maximum atomic E-state index is 13.3. The molecular formula is C56H106B4ClN14O24S2+. The van der Waals surface area contributed by atoms with E-state index in [-0.39, 0.29) is 131 Å². The minimum atomic E-state index is -3.85. The Labute approximate surface area is 595 Å². The van der Waals surface area contributed by atoms with Crippen molar-refractivity contribution in [2.24, 2.45) is 46.6 Å². The van der Waals surface area contributed by atoms with Crippen molar-refractivity contribution in [3.05, 3.63) is 40.9 Å². The molecule has 1 aliphatic carbocycles. The molecule has 0 aromatic heterocycles. The highest BCUT2D eigenvalue weighted by Crippen LogP contribution is 2.41. The van der Waals surface area contributed by atoms with Crippen LogP contribution in [0, 0.1) is 23.7 Å². The number of likely N-dealkylation sites (N-methyl/N-ethyl adjacent to an activating group) is 4. The Morgan fingerprint density at radius 1 is 0.535 bits per heavy atom. The van der Waals surface area contributed by atoms with Gasteiger partial charge >= 0.3 is 52.4 Å². The summed E-state index contributed by atoms with van der Waals surface area (Å²) in [5, 5.41) is 112. The first-order valence-corrected chi connectivity index (χ1v) is 36.0. The molecule has 45 heteroatoms. The SMILES string of the molecule is CCN(CC[N+](C)(C)C)S(=O)(=O)N1C[C@H](CCCB(O)O)[C@](N)(C(=O)O)C1.CCN([C@@H]1C[C@H]1[N+](C)(C)C)S(=O)(=O)N1C[C@H](CCCB(O)O)[C@](N)(C(=O)O)C1.CNc1c(N2C[C@H](CCCB(O)O)[C@](N)(C(=O)O)C2)c(=O)c1=O.Nc1c(N2C[C@H](CCCB(O)O)[C@](N)(C(=O)O)C2)c(=O)c1=O.[Cl-]. The summed E-state index contributed by atoms with van der Waals surface area (Å²) in [6.45, 7) is 4.72. The van der Waals surface area contributed by atoms with E-state index in [4.69, 9.17) is 68.9 Å². The van der Waals surface area contributed by atoms with E-state index in [0.717, 1.165) is 10.7 Å². The number of hydrogen-bond donors (Lipinski definition) is 18. The lowest BCUT2D eigenvalue weighted by atomic mass is 9.78. The number of nitrogens with one attached hydrogen (secondary N) is 1. The van der Waals surface area contributed by atoms with Gasteiger partial charge in [-0.2, -0.15) is 34.1 Å². The van der Waals surface area contributed by atoms with E-state index in [1.165, 1.54) is 29.8 Å². The van der Waals surface area contributed by atoms with E-state index in [0.29, 0.717) is 80.0 Å². The lowest BCUT2D eigenvalue weighted by Crippen LogP contribution is -3.00. The quantitative estimate of drug-likeness (QED) is 0.0176. The van der Waals surface area contributed by atoms with Gasteiger partial charge in [-0.15, -0.1) is 0 Å². The summed E-state index contributed by atoms with van der Waals surface area (Å²) in [5.41, 5.74) is 20.7. The number of quaternary nitrogens is 2. The predicted octanol–water partition coefficient (Wildman–Crippen LogP) is -11.3. The molecule has 5 fully saturated rings. The number of aliphatic carboxylic acids is 4. The zero-order valence-electron chi connectivity index (χ0n) is 58.9. The maximum absolute atomic E-state index is 13.3. The van der Waals surface area contributed by atoms with Crippen LogP contribution in [0.15, 0.2) is 19.2 Å². The van der Waals surface area contributed by atoms with Crippen LogP contribution >= 0.6 is 0 Å². The molecular weight excluding hydrogens is 1400 g/mol. The standard InChI is InChI=1S/C16H33BN4O6S.C15H33BN4O6S.C13H20BN3O6.C12H18BN3O6.ClH/c1-5-20(13-9-14(13)21(2,3)4)28(26,27)19-10-12(7-6-8-17(24)25)16(18,11-19)15(22)23;1-5-18(9-10-20(2,3)4)27(25,26)19-11-13(7-6-8-16(23)24)15(17,12-19)14(21)22;1-16-8-9(11(19)10(8)18)17-5-7(3-2-4-14(22)23)13(15,6-17)12(20)21;14-7-8(10(18)9(7)17)16-4-6(2-1-3-13(21)22)12(15,5-16)11(19)20;/h12-14,24-25H,5-11,18H2,1-4H3;13,23-24H,5-12,17H2,1-4H3;7,16,22-23H,2-6,15H2,1H3,(H,20,21);6,21-22H,1-5,14-15H2,(H,19,20);1H/p+1/t12-,13+,14+,16-;13-,15-;7-,13-;6-,12-;/m0000./s1. The van der Waals surface area contributed by atoms with Gasteiger partial charge in [-0.1, -0.05) is 39.5 Å². The number of nitrogens with two attached hydrogens (primary N) is 5. The minimum Gasteiger partial charge on any atom is -1.00 e. The Kier molecular flexibility index (Phi) is 32.0. The van der Waals surface area contributed by atoms with Crippen molar-refractivity contribution < 1.29 is 118 Å². The highest BCUT2D eigenvalue weighted by Gasteiger charge is 2.59. The molecule has 2 aromatic carbocycles. The summed E-state index contributed by atoms with van der Waals surface area (Å²) in [5.74, 6) is -7.02. The van der Waals surface area contributed by atoms with Crippen molar-refractivity contribution in [2.75, 3.05) is 149 Å². The molecule has 574 valence electrons. The van der Waals surface area contributed by atoms with Gasteiger partial charge in [0.05, 0.1) is 61.4 Å². The topological polar surface area (TPSA) is 609 Å². The van der Waals surface area contributed by atoms with Gasteiger partial charge in [0, 0.05) is 103 Å². The van der Waals surface area contributed by atoms with Crippen molar-refractivity contribution in [3.63, 3.8) is 0 Å². The van der Waals surface area contributed by atoms with Crippen LogP contribution in [-0.2, 0) is 39.6 Å². The highest BCUT2D eigenvalue weighted by molar-refractivity contribution is 7.87. The second-order valence-electron chi connectivity index (χ2n) is 28.9. The molecule has 0 bridgehead atoms. The Morgan fingerprint density at radius 2 is 0.871 bits per heavy atom. The van der Waals surface area contributed by atoms with Gasteiger partial charge in [0.15, 0.2) is 0 Å². The molecule has 4 aliphatic heterocycles. The minimum absolute atomic E-state index is 0. The third-order valence-corrected chi connectivity index (χ3v) is 23.9. The summed E-state index contributed by atoms with van der Waals surface area (Å²) >= 11 is 0. The number of anilines is 4. The van der Waals surface area contributed by atoms with Crippen LogP contribution in [-0.4, -0.2) is 318 Å². The average Bonchev–Trinajstić information content (AvgIpc) is 1.67. The number of carbonyl (C=O) groups is 4. The average molecular weight is 1500 g/mol. The molecule has 101 heavy (non-hydrogen) atoms. The Hall–Kier alpha value is -5.03. The summed E-state index contributed by atoms with van der Waals surface area (Å²) in [6.07, 6.45) is 3.99. The molecule has 0 radical (unpaired) electrons. The van der Waals surface area contributed by atoms with Gasteiger partial charge in [-0.3, -0.25) is 38.4 Å². The third-order valence-electron chi connectivity index (χ3n) is 19.8. The van der Waals surface area contributed by atoms with Crippen LogP contribution in [0.1, 0.15) is 71.6 Å². The molecule has 2 aromatic rings. The van der Waals surface area contributed by atoms with E-state index in [9.17, 15) is 75.6 Å². The van der Waals surface area contributed by atoms with E-state index in [1.807, 2.05) is 42.3 Å². The first kappa shape index (κ1) is 90.2. The molecule has 0 spiro atoms. The van der Waals surface area contributed by atoms with Crippen molar-refractivity contribution in [2.45, 2.75) is 131 Å². The second-order valence-corrected chi connectivity index (χ2v) is 32.7. The monoisotopic (exact) mass is 1500 g/mol. The molecule has 4 heterocycles. The van der Waals surface area contributed by atoms with Crippen molar-refractivity contribution >= 4 is 95.5 Å². The normalized spacial score (nSPS) is 26.2. The van der Waals surface area contributed by atoms with E-state index >= 15 is 0 Å². The fraction of sp³-hybridized carbons (Fsp3) is 0.786. The number of nitrogen functional groups attached to an aromatic ring is 1. The van der Waals surface area contributed by atoms with E-state index in [1.54, 1.807) is 13.8 Å². The zero-order chi connectivity index (χ0) is 76.6. The van der Waals surface area contributed by atoms with E-state index < -0.39 is 140 Å². The highest BCUT2D eigenvalue weighted by atomic mass is 35.5. The van der Waals surface area contributed by atoms with Crippen LogP contribution < -0.4 is 77.9 Å².